The Labute approximate surface area is 126 Å². The molecule has 0 aliphatic heterocycles. The van der Waals surface area contributed by atoms with Gasteiger partial charge in [0.2, 0.25) is 0 Å². The summed E-state index contributed by atoms with van der Waals surface area (Å²) >= 11 is 3.37. The van der Waals surface area contributed by atoms with Gasteiger partial charge in [-0.25, -0.2) is 0 Å². The van der Waals surface area contributed by atoms with Gasteiger partial charge in [0.25, 0.3) is 0 Å². The molecule has 0 heterocycles. The number of ether oxygens (including phenoxy) is 2. The normalized spacial score (nSPS) is 10.2. The van der Waals surface area contributed by atoms with Crippen molar-refractivity contribution in [1.29, 1.82) is 0 Å². The quantitative estimate of drug-likeness (QED) is 0.733. The third kappa shape index (κ3) is 3.61. The van der Waals surface area contributed by atoms with Crippen LogP contribution >= 0.6 is 15.9 Å². The molecule has 0 unspecified atom stereocenters. The third-order valence-corrected chi connectivity index (χ3v) is 3.33. The number of hydrogen-bond donors (Lipinski definition) is 0. The molecule has 2 aromatic rings. The van der Waals surface area contributed by atoms with Gasteiger partial charge in [0.05, 0.1) is 6.61 Å². The fourth-order valence-corrected chi connectivity index (χ4v) is 2.41. The number of benzene rings is 2. The molecule has 0 atom stereocenters. The molecular weight excluding hydrogens is 320 g/mol. The first-order valence-corrected chi connectivity index (χ1v) is 7.10. The summed E-state index contributed by atoms with van der Waals surface area (Å²) in [6, 6.07) is 12.7. The second kappa shape index (κ2) is 6.57. The maximum Gasteiger partial charge on any atom is 0.160 e. The SMILES string of the molecule is CCOc1cccc(Oc2ccc(C(C)=O)c(Br)c2)c1. The van der Waals surface area contributed by atoms with Gasteiger partial charge < -0.3 is 9.47 Å². The average molecular weight is 335 g/mol. The van der Waals surface area contributed by atoms with E-state index in [1.54, 1.807) is 18.2 Å². The zero-order valence-electron chi connectivity index (χ0n) is 11.4. The Hall–Kier alpha value is -1.81. The fraction of sp³-hybridized carbons (Fsp3) is 0.188. The predicted molar refractivity (Wildman–Crippen MR) is 81.8 cm³/mol. The molecule has 2 rings (SSSR count). The summed E-state index contributed by atoms with van der Waals surface area (Å²) in [6.45, 7) is 4.08. The molecule has 3 nitrogen and oxygen atoms in total. The van der Waals surface area contributed by atoms with Gasteiger partial charge in [-0.05, 0) is 60.1 Å². The van der Waals surface area contributed by atoms with E-state index in [4.69, 9.17) is 9.47 Å². The van der Waals surface area contributed by atoms with Gasteiger partial charge in [-0.1, -0.05) is 6.07 Å². The molecule has 2 aromatic carbocycles. The highest BCUT2D eigenvalue weighted by Gasteiger charge is 2.07. The van der Waals surface area contributed by atoms with E-state index < -0.39 is 0 Å². The first-order chi connectivity index (χ1) is 9.60. The van der Waals surface area contributed by atoms with Crippen molar-refractivity contribution in [1.82, 2.24) is 0 Å². The van der Waals surface area contributed by atoms with E-state index in [-0.39, 0.29) is 5.78 Å². The number of carbonyl (C=O) groups excluding carboxylic acids is 1. The third-order valence-electron chi connectivity index (χ3n) is 2.67. The maximum absolute atomic E-state index is 11.4. The molecule has 0 spiro atoms. The van der Waals surface area contributed by atoms with Gasteiger partial charge in [-0.3, -0.25) is 4.79 Å². The van der Waals surface area contributed by atoms with Crippen molar-refractivity contribution in [3.05, 3.63) is 52.5 Å². The van der Waals surface area contributed by atoms with Gasteiger partial charge in [0.1, 0.15) is 17.2 Å². The van der Waals surface area contributed by atoms with Crippen molar-refractivity contribution in [2.24, 2.45) is 0 Å². The average Bonchev–Trinajstić information content (AvgIpc) is 2.39. The van der Waals surface area contributed by atoms with Crippen LogP contribution in [0.25, 0.3) is 0 Å². The largest absolute Gasteiger partial charge is 0.494 e. The molecule has 20 heavy (non-hydrogen) atoms. The van der Waals surface area contributed by atoms with E-state index in [0.29, 0.717) is 23.7 Å². The highest BCUT2D eigenvalue weighted by Crippen LogP contribution is 2.29. The summed E-state index contributed by atoms with van der Waals surface area (Å²) < 4.78 is 11.9. The van der Waals surface area contributed by atoms with Gasteiger partial charge in [0, 0.05) is 16.1 Å². The number of Topliss-reactive ketones (excluding diaryl/α,β-unsaturated/α-hetero) is 1. The minimum Gasteiger partial charge on any atom is -0.494 e. The second-order valence-electron chi connectivity index (χ2n) is 4.21. The lowest BCUT2D eigenvalue weighted by Gasteiger charge is -2.09. The number of ketones is 1. The van der Waals surface area contributed by atoms with Crippen LogP contribution in [-0.2, 0) is 0 Å². The van der Waals surface area contributed by atoms with Crippen molar-refractivity contribution < 1.29 is 14.3 Å². The van der Waals surface area contributed by atoms with E-state index in [9.17, 15) is 4.79 Å². The second-order valence-corrected chi connectivity index (χ2v) is 5.06. The number of hydrogen-bond acceptors (Lipinski definition) is 3. The number of carbonyl (C=O) groups is 1. The van der Waals surface area contributed by atoms with Crippen LogP contribution in [0.4, 0.5) is 0 Å². The Balaban J connectivity index is 2.19. The number of halogens is 1. The summed E-state index contributed by atoms with van der Waals surface area (Å²) in [4.78, 5) is 11.4. The summed E-state index contributed by atoms with van der Waals surface area (Å²) in [5, 5.41) is 0. The van der Waals surface area contributed by atoms with Gasteiger partial charge in [0.15, 0.2) is 5.78 Å². The molecule has 4 heteroatoms. The van der Waals surface area contributed by atoms with Crippen molar-refractivity contribution in [2.75, 3.05) is 6.61 Å². The van der Waals surface area contributed by atoms with Crippen LogP contribution in [0.5, 0.6) is 17.2 Å². The topological polar surface area (TPSA) is 35.5 Å². The zero-order chi connectivity index (χ0) is 14.5. The molecule has 0 radical (unpaired) electrons. The molecule has 0 aliphatic carbocycles. The van der Waals surface area contributed by atoms with Crippen LogP contribution in [0.15, 0.2) is 46.9 Å². The van der Waals surface area contributed by atoms with Crippen LogP contribution in [0.2, 0.25) is 0 Å². The molecule has 0 aliphatic rings. The van der Waals surface area contributed by atoms with Gasteiger partial charge >= 0.3 is 0 Å². The van der Waals surface area contributed by atoms with Crippen molar-refractivity contribution in [3.8, 4) is 17.2 Å². The summed E-state index contributed by atoms with van der Waals surface area (Å²) in [5.41, 5.74) is 0.639. The fourth-order valence-electron chi connectivity index (χ4n) is 1.78. The first-order valence-electron chi connectivity index (χ1n) is 6.31. The molecule has 0 bridgehead atoms. The van der Waals surface area contributed by atoms with E-state index in [1.165, 1.54) is 6.92 Å². The minimum absolute atomic E-state index is 0.0155. The molecule has 104 valence electrons. The zero-order valence-corrected chi connectivity index (χ0v) is 12.9. The van der Waals surface area contributed by atoms with Crippen LogP contribution in [0.3, 0.4) is 0 Å². The van der Waals surface area contributed by atoms with Crippen LogP contribution in [0.1, 0.15) is 24.2 Å². The van der Waals surface area contributed by atoms with E-state index >= 15 is 0 Å². The van der Waals surface area contributed by atoms with E-state index in [2.05, 4.69) is 15.9 Å². The molecule has 0 saturated carbocycles. The van der Waals surface area contributed by atoms with Crippen LogP contribution in [-0.4, -0.2) is 12.4 Å². The van der Waals surface area contributed by atoms with E-state index in [0.717, 1.165) is 10.2 Å². The van der Waals surface area contributed by atoms with E-state index in [1.807, 2.05) is 31.2 Å². The first kappa shape index (κ1) is 14.6. The summed E-state index contributed by atoms with van der Waals surface area (Å²) in [7, 11) is 0. The van der Waals surface area contributed by atoms with Crippen molar-refractivity contribution in [3.63, 3.8) is 0 Å². The lowest BCUT2D eigenvalue weighted by Crippen LogP contribution is -1.94. The minimum atomic E-state index is 0.0155. The lowest BCUT2D eigenvalue weighted by atomic mass is 10.1. The molecule has 0 aromatic heterocycles. The molecule has 0 N–H and O–H groups in total. The van der Waals surface area contributed by atoms with Crippen molar-refractivity contribution >= 4 is 21.7 Å². The Bertz CT molecular complexity index is 623. The predicted octanol–water partition coefficient (Wildman–Crippen LogP) is 4.84. The maximum atomic E-state index is 11.4. The highest BCUT2D eigenvalue weighted by molar-refractivity contribution is 9.10. The molecule has 0 amide bonds. The van der Waals surface area contributed by atoms with Crippen LogP contribution < -0.4 is 9.47 Å². The lowest BCUT2D eigenvalue weighted by molar-refractivity contribution is 0.101. The summed E-state index contributed by atoms with van der Waals surface area (Å²) in [6.07, 6.45) is 0. The smallest absolute Gasteiger partial charge is 0.160 e. The highest BCUT2D eigenvalue weighted by atomic mass is 79.9. The molecule has 0 saturated heterocycles. The Morgan fingerprint density at radius 3 is 2.45 bits per heavy atom. The Morgan fingerprint density at radius 1 is 1.10 bits per heavy atom. The van der Waals surface area contributed by atoms with Gasteiger partial charge in [-0.15, -0.1) is 0 Å². The monoisotopic (exact) mass is 334 g/mol. The summed E-state index contributed by atoms with van der Waals surface area (Å²) in [5.74, 6) is 2.14. The Morgan fingerprint density at radius 2 is 1.80 bits per heavy atom. The standard InChI is InChI=1S/C16H15BrO3/c1-3-19-12-5-4-6-13(9-12)20-14-7-8-15(11(2)18)16(17)10-14/h4-10H,3H2,1-2H3. The van der Waals surface area contributed by atoms with Crippen molar-refractivity contribution in [2.45, 2.75) is 13.8 Å². The Kier molecular flexibility index (Phi) is 4.79. The number of rotatable bonds is 5. The molecular formula is C16H15BrO3. The van der Waals surface area contributed by atoms with Gasteiger partial charge in [-0.2, -0.15) is 0 Å². The van der Waals surface area contributed by atoms with Crippen LogP contribution in [0, 0.1) is 0 Å². The molecule has 0 fully saturated rings.